The molecular weight excluding hydrogens is 232 g/mol. The van der Waals surface area contributed by atoms with Crippen molar-refractivity contribution >= 4 is 17.7 Å². The first-order chi connectivity index (χ1) is 8.66. The Labute approximate surface area is 105 Å². The minimum absolute atomic E-state index is 0.0578. The third-order valence-electron chi connectivity index (χ3n) is 3.36. The SMILES string of the molecule is O=C(O)C1CCC(C(=O)Nc2ccccn2)CC1. The number of rotatable bonds is 3. The van der Waals surface area contributed by atoms with Gasteiger partial charge in [-0.1, -0.05) is 6.07 Å². The molecule has 0 spiro atoms. The lowest BCUT2D eigenvalue weighted by Crippen LogP contribution is -2.29. The zero-order valence-electron chi connectivity index (χ0n) is 10.0. The summed E-state index contributed by atoms with van der Waals surface area (Å²) in [5, 5.41) is 11.6. The number of aliphatic carboxylic acids is 1. The molecule has 1 amide bonds. The molecule has 0 bridgehead atoms. The summed E-state index contributed by atoms with van der Waals surface area (Å²) >= 11 is 0. The van der Waals surface area contributed by atoms with Crippen molar-refractivity contribution < 1.29 is 14.7 Å². The van der Waals surface area contributed by atoms with Crippen LogP contribution in [0.2, 0.25) is 0 Å². The fourth-order valence-corrected chi connectivity index (χ4v) is 2.27. The quantitative estimate of drug-likeness (QED) is 0.856. The van der Waals surface area contributed by atoms with Gasteiger partial charge in [-0.25, -0.2) is 4.98 Å². The highest BCUT2D eigenvalue weighted by atomic mass is 16.4. The van der Waals surface area contributed by atoms with Crippen molar-refractivity contribution in [1.29, 1.82) is 0 Å². The Balaban J connectivity index is 1.86. The first kappa shape index (κ1) is 12.5. The molecule has 1 aromatic rings. The number of carbonyl (C=O) groups is 2. The molecule has 1 aliphatic rings. The maximum absolute atomic E-state index is 11.9. The van der Waals surface area contributed by atoms with E-state index >= 15 is 0 Å². The molecule has 0 aromatic carbocycles. The van der Waals surface area contributed by atoms with Crippen LogP contribution in [-0.4, -0.2) is 22.0 Å². The van der Waals surface area contributed by atoms with Gasteiger partial charge in [0.25, 0.3) is 0 Å². The number of carbonyl (C=O) groups excluding carboxylic acids is 1. The van der Waals surface area contributed by atoms with E-state index in [9.17, 15) is 9.59 Å². The third kappa shape index (κ3) is 3.06. The van der Waals surface area contributed by atoms with Crippen LogP contribution in [0.25, 0.3) is 0 Å². The van der Waals surface area contributed by atoms with Gasteiger partial charge in [0.05, 0.1) is 5.92 Å². The van der Waals surface area contributed by atoms with E-state index in [1.165, 1.54) is 0 Å². The van der Waals surface area contributed by atoms with Gasteiger partial charge in [0.1, 0.15) is 5.82 Å². The Morgan fingerprint density at radius 3 is 2.39 bits per heavy atom. The third-order valence-corrected chi connectivity index (χ3v) is 3.36. The number of anilines is 1. The van der Waals surface area contributed by atoms with Crippen molar-refractivity contribution in [3.8, 4) is 0 Å². The Morgan fingerprint density at radius 2 is 1.83 bits per heavy atom. The highest BCUT2D eigenvalue weighted by Crippen LogP contribution is 2.29. The van der Waals surface area contributed by atoms with E-state index in [2.05, 4.69) is 10.3 Å². The normalized spacial score (nSPS) is 23.3. The summed E-state index contributed by atoms with van der Waals surface area (Å²) in [6.45, 7) is 0. The van der Waals surface area contributed by atoms with Gasteiger partial charge in [-0.3, -0.25) is 9.59 Å². The van der Waals surface area contributed by atoms with Crippen molar-refractivity contribution in [3.63, 3.8) is 0 Å². The molecule has 0 unspecified atom stereocenters. The largest absolute Gasteiger partial charge is 0.481 e. The number of aromatic nitrogens is 1. The fraction of sp³-hybridized carbons (Fsp3) is 0.462. The molecule has 5 nitrogen and oxygen atoms in total. The molecule has 96 valence electrons. The van der Waals surface area contributed by atoms with Crippen molar-refractivity contribution in [2.24, 2.45) is 11.8 Å². The average molecular weight is 248 g/mol. The summed E-state index contributed by atoms with van der Waals surface area (Å²) in [4.78, 5) is 26.8. The summed E-state index contributed by atoms with van der Waals surface area (Å²) < 4.78 is 0. The highest BCUT2D eigenvalue weighted by Gasteiger charge is 2.29. The van der Waals surface area contributed by atoms with Gasteiger partial charge in [0.2, 0.25) is 5.91 Å². The lowest BCUT2D eigenvalue weighted by atomic mass is 9.81. The molecule has 0 saturated heterocycles. The van der Waals surface area contributed by atoms with E-state index in [1.54, 1.807) is 18.3 Å². The van der Waals surface area contributed by atoms with Gasteiger partial charge >= 0.3 is 5.97 Å². The molecule has 1 aromatic heterocycles. The predicted molar refractivity (Wildman–Crippen MR) is 66.0 cm³/mol. The zero-order valence-corrected chi connectivity index (χ0v) is 10.0. The van der Waals surface area contributed by atoms with Crippen molar-refractivity contribution in [3.05, 3.63) is 24.4 Å². The van der Waals surface area contributed by atoms with Gasteiger partial charge in [0, 0.05) is 12.1 Å². The number of hydrogen-bond acceptors (Lipinski definition) is 3. The van der Waals surface area contributed by atoms with Crippen LogP contribution >= 0.6 is 0 Å². The molecule has 0 aliphatic heterocycles. The second-order valence-corrected chi connectivity index (χ2v) is 4.59. The molecule has 1 heterocycles. The van der Waals surface area contributed by atoms with E-state index in [0.717, 1.165) is 0 Å². The van der Waals surface area contributed by atoms with Gasteiger partial charge in [-0.05, 0) is 37.8 Å². The Bertz CT molecular complexity index is 425. The van der Waals surface area contributed by atoms with E-state index in [4.69, 9.17) is 5.11 Å². The molecule has 18 heavy (non-hydrogen) atoms. The number of amides is 1. The molecule has 2 rings (SSSR count). The Kier molecular flexibility index (Phi) is 3.92. The minimum Gasteiger partial charge on any atom is -0.481 e. The average Bonchev–Trinajstić information content (AvgIpc) is 2.40. The van der Waals surface area contributed by atoms with Gasteiger partial charge in [-0.2, -0.15) is 0 Å². The first-order valence-electron chi connectivity index (χ1n) is 6.11. The molecule has 0 atom stereocenters. The topological polar surface area (TPSA) is 79.3 Å². The standard InChI is InChI=1S/C13H16N2O3/c16-12(15-11-3-1-2-8-14-11)9-4-6-10(7-5-9)13(17)18/h1-3,8-10H,4-7H2,(H,17,18)(H,14,15,16). The summed E-state index contributed by atoms with van der Waals surface area (Å²) in [6.07, 6.45) is 4.05. The van der Waals surface area contributed by atoms with E-state index in [0.29, 0.717) is 31.5 Å². The molecule has 2 N–H and O–H groups in total. The molecule has 5 heteroatoms. The molecule has 0 radical (unpaired) electrons. The van der Waals surface area contributed by atoms with Crippen LogP contribution in [0.3, 0.4) is 0 Å². The number of carboxylic acids is 1. The van der Waals surface area contributed by atoms with E-state index < -0.39 is 5.97 Å². The smallest absolute Gasteiger partial charge is 0.306 e. The maximum Gasteiger partial charge on any atom is 0.306 e. The highest BCUT2D eigenvalue weighted by molar-refractivity contribution is 5.91. The zero-order chi connectivity index (χ0) is 13.0. The number of carboxylic acid groups (broad SMARTS) is 1. The number of pyridine rings is 1. The van der Waals surface area contributed by atoms with Gasteiger partial charge < -0.3 is 10.4 Å². The number of nitrogens with zero attached hydrogens (tertiary/aromatic N) is 1. The molecule has 1 aliphatic carbocycles. The first-order valence-corrected chi connectivity index (χ1v) is 6.11. The number of hydrogen-bond donors (Lipinski definition) is 2. The molecule has 1 fully saturated rings. The summed E-state index contributed by atoms with van der Waals surface area (Å²) in [5.41, 5.74) is 0. The number of nitrogens with one attached hydrogen (secondary N) is 1. The maximum atomic E-state index is 11.9. The lowest BCUT2D eigenvalue weighted by molar-refractivity contribution is -0.143. The van der Waals surface area contributed by atoms with Crippen LogP contribution in [-0.2, 0) is 9.59 Å². The van der Waals surface area contributed by atoms with Crippen LogP contribution in [0, 0.1) is 11.8 Å². The van der Waals surface area contributed by atoms with E-state index in [-0.39, 0.29) is 17.7 Å². The van der Waals surface area contributed by atoms with Crippen molar-refractivity contribution in [2.75, 3.05) is 5.32 Å². The second kappa shape index (κ2) is 5.62. The fourth-order valence-electron chi connectivity index (χ4n) is 2.27. The Hall–Kier alpha value is -1.91. The second-order valence-electron chi connectivity index (χ2n) is 4.59. The molecule has 1 saturated carbocycles. The van der Waals surface area contributed by atoms with Crippen molar-refractivity contribution in [2.45, 2.75) is 25.7 Å². The van der Waals surface area contributed by atoms with Crippen LogP contribution < -0.4 is 5.32 Å². The van der Waals surface area contributed by atoms with E-state index in [1.807, 2.05) is 6.07 Å². The molecular formula is C13H16N2O3. The minimum atomic E-state index is -0.751. The van der Waals surface area contributed by atoms with Crippen LogP contribution in [0.5, 0.6) is 0 Å². The predicted octanol–water partition coefficient (Wildman–Crippen LogP) is 1.91. The van der Waals surface area contributed by atoms with Crippen LogP contribution in [0.4, 0.5) is 5.82 Å². The lowest BCUT2D eigenvalue weighted by Gasteiger charge is -2.24. The summed E-state index contributed by atoms with van der Waals surface area (Å²) in [7, 11) is 0. The van der Waals surface area contributed by atoms with Crippen LogP contribution in [0.15, 0.2) is 24.4 Å². The van der Waals surface area contributed by atoms with Crippen molar-refractivity contribution in [1.82, 2.24) is 4.98 Å². The van der Waals surface area contributed by atoms with Gasteiger partial charge in [0.15, 0.2) is 0 Å². The van der Waals surface area contributed by atoms with Gasteiger partial charge in [-0.15, -0.1) is 0 Å². The monoisotopic (exact) mass is 248 g/mol. The van der Waals surface area contributed by atoms with Crippen LogP contribution in [0.1, 0.15) is 25.7 Å². The summed E-state index contributed by atoms with van der Waals surface area (Å²) in [5.74, 6) is -0.648. The Morgan fingerprint density at radius 1 is 1.17 bits per heavy atom. The summed E-state index contributed by atoms with van der Waals surface area (Å²) in [6, 6.07) is 5.33.